The number of carbonyl (C=O) groups is 1. The first-order valence-electron chi connectivity index (χ1n) is 11.5. The third kappa shape index (κ3) is 5.29. The number of carbonyl (C=O) groups excluding carboxylic acids is 1. The van der Waals surface area contributed by atoms with Gasteiger partial charge in [-0.15, -0.1) is 0 Å². The highest BCUT2D eigenvalue weighted by atomic mass is 32.2. The first-order valence-corrected chi connectivity index (χ1v) is 13.9. The standard InChI is InChI=1S/C25H30N2O6S2/c1-16(2)35(29,30)19-9-7-17(8-10-19)14-22(28)27(15-18-6-5-13-33-18)25-26-23-20(31-3)11-12-21(32-4)24(23)34-25/h7-12,16,18H,5-6,13-15H2,1-4H3. The monoisotopic (exact) mass is 518 g/mol. The summed E-state index contributed by atoms with van der Waals surface area (Å²) in [6, 6.07) is 10.1. The molecule has 0 N–H and O–H groups in total. The highest BCUT2D eigenvalue weighted by Crippen LogP contribution is 2.40. The predicted molar refractivity (Wildman–Crippen MR) is 137 cm³/mol. The molecule has 1 fully saturated rings. The number of ether oxygens (including phenoxy) is 3. The van der Waals surface area contributed by atoms with Crippen LogP contribution in [0.5, 0.6) is 11.5 Å². The van der Waals surface area contributed by atoms with Gasteiger partial charge in [-0.2, -0.15) is 0 Å². The van der Waals surface area contributed by atoms with Gasteiger partial charge in [0.1, 0.15) is 21.7 Å². The van der Waals surface area contributed by atoms with E-state index in [9.17, 15) is 13.2 Å². The van der Waals surface area contributed by atoms with E-state index in [-0.39, 0.29) is 23.3 Å². The molecule has 1 aliphatic heterocycles. The van der Waals surface area contributed by atoms with Crippen molar-refractivity contribution in [2.75, 3.05) is 32.3 Å². The van der Waals surface area contributed by atoms with Crippen molar-refractivity contribution in [3.63, 3.8) is 0 Å². The van der Waals surface area contributed by atoms with Crippen LogP contribution in [0.25, 0.3) is 10.2 Å². The van der Waals surface area contributed by atoms with Gasteiger partial charge in [0.15, 0.2) is 15.0 Å². The molecule has 1 aromatic heterocycles. The first-order chi connectivity index (χ1) is 16.7. The molecule has 1 unspecified atom stereocenters. The van der Waals surface area contributed by atoms with Crippen molar-refractivity contribution in [1.29, 1.82) is 0 Å². The SMILES string of the molecule is COc1ccc(OC)c2sc(N(CC3CCCO3)C(=O)Cc3ccc(S(=O)(=O)C(C)C)cc3)nc12. The van der Waals surface area contributed by atoms with Gasteiger partial charge in [0.05, 0.1) is 43.4 Å². The molecular formula is C25H30N2O6S2. The molecule has 3 aromatic rings. The van der Waals surface area contributed by atoms with E-state index in [0.29, 0.717) is 35.3 Å². The maximum atomic E-state index is 13.5. The number of hydrogen-bond acceptors (Lipinski definition) is 8. The molecule has 1 atom stereocenters. The lowest BCUT2D eigenvalue weighted by Crippen LogP contribution is -2.38. The number of rotatable bonds is 9. The minimum Gasteiger partial charge on any atom is -0.495 e. The third-order valence-electron chi connectivity index (χ3n) is 6.07. The molecule has 0 bridgehead atoms. The maximum absolute atomic E-state index is 13.5. The summed E-state index contributed by atoms with van der Waals surface area (Å²) in [5.74, 6) is 1.13. The first kappa shape index (κ1) is 25.4. The number of aromatic nitrogens is 1. The number of amides is 1. The minimum absolute atomic E-state index is 0.0617. The van der Waals surface area contributed by atoms with Gasteiger partial charge < -0.3 is 14.2 Å². The molecule has 1 aliphatic rings. The van der Waals surface area contributed by atoms with E-state index in [2.05, 4.69) is 0 Å². The Morgan fingerprint density at radius 2 is 1.83 bits per heavy atom. The van der Waals surface area contributed by atoms with Crippen LogP contribution in [0.2, 0.25) is 0 Å². The second-order valence-electron chi connectivity index (χ2n) is 8.70. The fourth-order valence-corrected chi connectivity index (χ4v) is 6.17. The second-order valence-corrected chi connectivity index (χ2v) is 12.2. The Hall–Kier alpha value is -2.69. The van der Waals surface area contributed by atoms with Crippen LogP contribution >= 0.6 is 11.3 Å². The third-order valence-corrected chi connectivity index (χ3v) is 9.33. The van der Waals surface area contributed by atoms with E-state index in [1.54, 1.807) is 63.3 Å². The highest BCUT2D eigenvalue weighted by Gasteiger charge is 2.28. The van der Waals surface area contributed by atoms with Gasteiger partial charge in [-0.25, -0.2) is 13.4 Å². The number of fused-ring (bicyclic) bond motifs is 1. The molecule has 0 aliphatic carbocycles. The van der Waals surface area contributed by atoms with Gasteiger partial charge >= 0.3 is 0 Å². The van der Waals surface area contributed by atoms with E-state index >= 15 is 0 Å². The summed E-state index contributed by atoms with van der Waals surface area (Å²) in [4.78, 5) is 20.2. The zero-order valence-electron chi connectivity index (χ0n) is 20.3. The molecular weight excluding hydrogens is 488 g/mol. The Labute approximate surface area is 209 Å². The molecule has 2 aromatic carbocycles. The minimum atomic E-state index is -3.37. The molecule has 1 saturated heterocycles. The van der Waals surface area contributed by atoms with Gasteiger partial charge in [0, 0.05) is 6.61 Å². The lowest BCUT2D eigenvalue weighted by Gasteiger charge is -2.23. The van der Waals surface area contributed by atoms with Crippen LogP contribution in [0.15, 0.2) is 41.3 Å². The molecule has 4 rings (SSSR count). The van der Waals surface area contributed by atoms with Crippen LogP contribution in [0.3, 0.4) is 0 Å². The van der Waals surface area contributed by atoms with Crippen molar-refractivity contribution in [3.8, 4) is 11.5 Å². The number of methoxy groups -OCH3 is 2. The smallest absolute Gasteiger partial charge is 0.233 e. The summed E-state index contributed by atoms with van der Waals surface area (Å²) in [6.45, 7) is 4.37. The second kappa shape index (κ2) is 10.5. The highest BCUT2D eigenvalue weighted by molar-refractivity contribution is 7.92. The Morgan fingerprint density at radius 3 is 2.43 bits per heavy atom. The number of benzene rings is 2. The van der Waals surface area contributed by atoms with Crippen LogP contribution < -0.4 is 14.4 Å². The van der Waals surface area contributed by atoms with Crippen LogP contribution in [0, 0.1) is 0 Å². The van der Waals surface area contributed by atoms with Crippen molar-refractivity contribution in [1.82, 2.24) is 4.98 Å². The Morgan fingerprint density at radius 1 is 1.14 bits per heavy atom. The van der Waals surface area contributed by atoms with Crippen molar-refractivity contribution in [2.45, 2.75) is 49.4 Å². The summed E-state index contributed by atoms with van der Waals surface area (Å²) in [5, 5.41) is 0.0345. The van der Waals surface area contributed by atoms with Crippen LogP contribution in [0.4, 0.5) is 5.13 Å². The summed E-state index contributed by atoms with van der Waals surface area (Å²) >= 11 is 1.37. The lowest BCUT2D eigenvalue weighted by molar-refractivity contribution is -0.118. The molecule has 2 heterocycles. The Balaban J connectivity index is 1.65. The summed E-state index contributed by atoms with van der Waals surface area (Å²) in [7, 11) is -0.191. The normalized spacial score (nSPS) is 16.1. The van der Waals surface area contributed by atoms with Crippen molar-refractivity contribution >= 4 is 42.4 Å². The van der Waals surface area contributed by atoms with E-state index < -0.39 is 15.1 Å². The number of sulfone groups is 1. The van der Waals surface area contributed by atoms with Gasteiger partial charge in [-0.1, -0.05) is 23.5 Å². The molecule has 188 valence electrons. The van der Waals surface area contributed by atoms with E-state index in [4.69, 9.17) is 19.2 Å². The van der Waals surface area contributed by atoms with Crippen LogP contribution in [-0.4, -0.2) is 58.0 Å². The van der Waals surface area contributed by atoms with Gasteiger partial charge in [-0.05, 0) is 56.5 Å². The average molecular weight is 519 g/mol. The van der Waals surface area contributed by atoms with Gasteiger partial charge in [-0.3, -0.25) is 9.69 Å². The molecule has 10 heteroatoms. The van der Waals surface area contributed by atoms with E-state index in [1.165, 1.54) is 11.3 Å². The van der Waals surface area contributed by atoms with Gasteiger partial charge in [0.25, 0.3) is 0 Å². The number of anilines is 1. The van der Waals surface area contributed by atoms with Crippen molar-refractivity contribution in [3.05, 3.63) is 42.0 Å². The fourth-order valence-electron chi connectivity index (χ4n) is 4.01. The largest absolute Gasteiger partial charge is 0.495 e. The fraction of sp³-hybridized carbons (Fsp3) is 0.440. The molecule has 0 radical (unpaired) electrons. The van der Waals surface area contributed by atoms with Crippen LogP contribution in [0.1, 0.15) is 32.3 Å². The zero-order chi connectivity index (χ0) is 25.2. The van der Waals surface area contributed by atoms with Crippen molar-refractivity contribution in [2.24, 2.45) is 0 Å². The molecule has 35 heavy (non-hydrogen) atoms. The molecule has 1 amide bonds. The van der Waals surface area contributed by atoms with E-state index in [0.717, 1.165) is 23.1 Å². The molecule has 0 spiro atoms. The number of thiazole rings is 1. The Kier molecular flexibility index (Phi) is 7.63. The Bertz CT molecular complexity index is 1250. The summed E-state index contributed by atoms with van der Waals surface area (Å²) < 4.78 is 42.4. The molecule has 0 saturated carbocycles. The number of hydrogen-bond donors (Lipinski definition) is 0. The summed E-state index contributed by atoms with van der Waals surface area (Å²) in [6.07, 6.45) is 1.88. The quantitative estimate of drug-likeness (QED) is 0.418. The maximum Gasteiger partial charge on any atom is 0.233 e. The van der Waals surface area contributed by atoms with E-state index in [1.807, 2.05) is 6.07 Å². The van der Waals surface area contributed by atoms with Crippen LogP contribution in [-0.2, 0) is 25.8 Å². The topological polar surface area (TPSA) is 95.0 Å². The predicted octanol–water partition coefficient (Wildman–Crippen LogP) is 4.25. The number of nitrogens with zero attached hydrogens (tertiary/aromatic N) is 2. The zero-order valence-corrected chi connectivity index (χ0v) is 21.9. The average Bonchev–Trinajstić information content (AvgIpc) is 3.52. The summed E-state index contributed by atoms with van der Waals surface area (Å²) in [5.41, 5.74) is 1.37. The lowest BCUT2D eigenvalue weighted by atomic mass is 10.1. The molecule has 8 nitrogen and oxygen atoms in total. The van der Waals surface area contributed by atoms with Crippen molar-refractivity contribution < 1.29 is 27.4 Å². The van der Waals surface area contributed by atoms with Gasteiger partial charge in [0.2, 0.25) is 5.91 Å².